The molecule has 1 atom stereocenters. The van der Waals surface area contributed by atoms with Gasteiger partial charge in [-0.25, -0.2) is 9.37 Å². The summed E-state index contributed by atoms with van der Waals surface area (Å²) in [6.07, 6.45) is 3.69. The lowest BCUT2D eigenvalue weighted by Crippen LogP contribution is -2.07. The average Bonchev–Trinajstić information content (AvgIpc) is 3.15. The van der Waals surface area contributed by atoms with E-state index in [0.717, 1.165) is 17.7 Å². The van der Waals surface area contributed by atoms with E-state index in [9.17, 15) is 9.18 Å². The van der Waals surface area contributed by atoms with Crippen molar-refractivity contribution in [3.8, 4) is 11.3 Å². The molecule has 3 rings (SSSR count). The minimum atomic E-state index is -0.478. The van der Waals surface area contributed by atoms with E-state index < -0.39 is 11.7 Å². The zero-order valence-electron chi connectivity index (χ0n) is 15.6. The lowest BCUT2D eigenvalue weighted by atomic mass is 9.97. The normalized spacial score (nSPS) is 12.3. The molecule has 0 aliphatic rings. The molecule has 2 aromatic carbocycles. The van der Waals surface area contributed by atoms with Gasteiger partial charge < -0.3 is 0 Å². The fourth-order valence-electron chi connectivity index (χ4n) is 2.66. The summed E-state index contributed by atoms with van der Waals surface area (Å²) >= 11 is 7.29. The van der Waals surface area contributed by atoms with Crippen LogP contribution in [0.3, 0.4) is 0 Å². The minimum absolute atomic E-state index is 0.181. The summed E-state index contributed by atoms with van der Waals surface area (Å²) in [5.41, 5.74) is 3.28. The Morgan fingerprint density at radius 1 is 1.29 bits per heavy atom. The molecule has 1 N–H and O–H groups in total. The predicted octanol–water partition coefficient (Wildman–Crippen LogP) is 6.77. The molecule has 0 bridgehead atoms. The smallest absolute Gasteiger partial charge is 0.250 e. The number of benzene rings is 2. The van der Waals surface area contributed by atoms with Gasteiger partial charge in [0.2, 0.25) is 5.91 Å². The van der Waals surface area contributed by atoms with E-state index in [1.54, 1.807) is 6.07 Å². The van der Waals surface area contributed by atoms with Crippen molar-refractivity contribution < 1.29 is 9.18 Å². The van der Waals surface area contributed by atoms with Gasteiger partial charge in [0.25, 0.3) is 0 Å². The van der Waals surface area contributed by atoms with Gasteiger partial charge in [-0.15, -0.1) is 11.3 Å². The van der Waals surface area contributed by atoms with Crippen LogP contribution in [0.2, 0.25) is 5.02 Å². The largest absolute Gasteiger partial charge is 0.298 e. The van der Waals surface area contributed by atoms with Gasteiger partial charge in [-0.3, -0.25) is 10.1 Å². The molecule has 0 aliphatic heterocycles. The van der Waals surface area contributed by atoms with E-state index in [1.165, 1.54) is 41.2 Å². The van der Waals surface area contributed by atoms with Crippen LogP contribution in [-0.2, 0) is 4.79 Å². The highest BCUT2D eigenvalue weighted by Crippen LogP contribution is 2.27. The van der Waals surface area contributed by atoms with Gasteiger partial charge in [-0.2, -0.15) is 0 Å². The maximum absolute atomic E-state index is 13.7. The quantitative estimate of drug-likeness (QED) is 0.452. The molecule has 1 aromatic heterocycles. The van der Waals surface area contributed by atoms with Gasteiger partial charge >= 0.3 is 0 Å². The van der Waals surface area contributed by atoms with Crippen LogP contribution in [0.5, 0.6) is 0 Å². The third-order valence-electron chi connectivity index (χ3n) is 4.52. The van der Waals surface area contributed by atoms with Gasteiger partial charge in [0.05, 0.1) is 10.7 Å². The highest BCUT2D eigenvalue weighted by Gasteiger charge is 2.09. The topological polar surface area (TPSA) is 42.0 Å². The molecule has 6 heteroatoms. The Morgan fingerprint density at radius 3 is 2.71 bits per heavy atom. The number of aromatic nitrogens is 1. The zero-order valence-corrected chi connectivity index (χ0v) is 17.2. The zero-order chi connectivity index (χ0) is 20.1. The number of carbonyl (C=O) groups excluding carboxylic acids is 1. The maximum atomic E-state index is 13.7. The Bertz CT molecular complexity index is 978. The summed E-state index contributed by atoms with van der Waals surface area (Å²) in [4.78, 5) is 16.6. The fraction of sp³-hybridized carbons (Fsp3) is 0.182. The van der Waals surface area contributed by atoms with Crippen molar-refractivity contribution in [2.75, 3.05) is 5.32 Å². The van der Waals surface area contributed by atoms with Crippen LogP contribution < -0.4 is 5.32 Å². The first-order chi connectivity index (χ1) is 13.5. The first-order valence-electron chi connectivity index (χ1n) is 8.97. The number of nitrogens with zero attached hydrogens (tertiary/aromatic N) is 1. The fourth-order valence-corrected chi connectivity index (χ4v) is 3.61. The maximum Gasteiger partial charge on any atom is 0.250 e. The van der Waals surface area contributed by atoms with Crippen LogP contribution in [0.25, 0.3) is 17.3 Å². The van der Waals surface area contributed by atoms with E-state index in [4.69, 9.17) is 11.6 Å². The first kappa shape index (κ1) is 20.2. The minimum Gasteiger partial charge on any atom is -0.298 e. The summed E-state index contributed by atoms with van der Waals surface area (Å²) in [6, 6.07) is 12.7. The Labute approximate surface area is 172 Å². The predicted molar refractivity (Wildman–Crippen MR) is 115 cm³/mol. The molecular formula is C22H20ClFN2OS. The second-order valence-corrected chi connectivity index (χ2v) is 7.69. The van der Waals surface area contributed by atoms with E-state index in [2.05, 4.69) is 36.3 Å². The van der Waals surface area contributed by atoms with Crippen LogP contribution in [0.1, 0.15) is 37.3 Å². The third-order valence-corrected chi connectivity index (χ3v) is 5.61. The summed E-state index contributed by atoms with van der Waals surface area (Å²) in [6.45, 7) is 4.37. The molecule has 0 aliphatic carbocycles. The first-order valence-corrected chi connectivity index (χ1v) is 10.2. The lowest BCUT2D eigenvalue weighted by Gasteiger charge is -2.08. The molecule has 0 spiro atoms. The van der Waals surface area contributed by atoms with Crippen molar-refractivity contribution in [3.05, 3.63) is 75.9 Å². The molecule has 0 fully saturated rings. The van der Waals surface area contributed by atoms with Gasteiger partial charge in [-0.1, -0.05) is 55.8 Å². The highest BCUT2D eigenvalue weighted by atomic mass is 35.5. The van der Waals surface area contributed by atoms with Crippen LogP contribution in [0.15, 0.2) is 53.9 Å². The van der Waals surface area contributed by atoms with Crippen LogP contribution in [0, 0.1) is 5.82 Å². The van der Waals surface area contributed by atoms with E-state index in [0.29, 0.717) is 11.0 Å². The van der Waals surface area contributed by atoms with Crippen molar-refractivity contribution in [2.45, 2.75) is 26.2 Å². The molecular weight excluding hydrogens is 395 g/mol. The second-order valence-electron chi connectivity index (χ2n) is 6.43. The molecule has 1 heterocycles. The van der Waals surface area contributed by atoms with Gasteiger partial charge in [0.15, 0.2) is 5.13 Å². The molecule has 0 radical (unpaired) electrons. The van der Waals surface area contributed by atoms with Crippen LogP contribution in [0.4, 0.5) is 9.52 Å². The summed E-state index contributed by atoms with van der Waals surface area (Å²) in [5.74, 6) is -0.352. The van der Waals surface area contributed by atoms with Crippen LogP contribution >= 0.6 is 22.9 Å². The highest BCUT2D eigenvalue weighted by molar-refractivity contribution is 7.14. The number of hydrogen-bond acceptors (Lipinski definition) is 3. The van der Waals surface area contributed by atoms with E-state index in [-0.39, 0.29) is 10.6 Å². The standard InChI is InChI=1S/C22H20ClFN2OS/c1-3-14(2)15-7-9-16(10-8-15)20-13-28-22(25-20)26-21(27)12-11-17-18(23)5-4-6-19(17)24/h4-14H,3H2,1-2H3,(H,25,26,27). The second kappa shape index (κ2) is 9.13. The number of carbonyl (C=O) groups is 1. The Hall–Kier alpha value is -2.50. The summed E-state index contributed by atoms with van der Waals surface area (Å²) < 4.78 is 13.7. The van der Waals surface area contributed by atoms with Crippen molar-refractivity contribution in [1.82, 2.24) is 4.98 Å². The van der Waals surface area contributed by atoms with Gasteiger partial charge in [0, 0.05) is 22.6 Å². The number of halogens is 2. The average molecular weight is 415 g/mol. The van der Waals surface area contributed by atoms with E-state index in [1.807, 2.05) is 17.5 Å². The van der Waals surface area contributed by atoms with Crippen molar-refractivity contribution in [1.29, 1.82) is 0 Å². The van der Waals surface area contributed by atoms with E-state index >= 15 is 0 Å². The van der Waals surface area contributed by atoms with Crippen molar-refractivity contribution in [2.24, 2.45) is 0 Å². The SMILES string of the molecule is CCC(C)c1ccc(-c2csc(NC(=O)C=Cc3c(F)cccc3Cl)n2)cc1. The Morgan fingerprint density at radius 2 is 2.04 bits per heavy atom. The summed E-state index contributed by atoms with van der Waals surface area (Å²) in [5, 5.41) is 5.32. The molecule has 0 saturated carbocycles. The molecule has 3 nitrogen and oxygen atoms in total. The number of hydrogen-bond donors (Lipinski definition) is 1. The van der Waals surface area contributed by atoms with Gasteiger partial charge in [0.1, 0.15) is 5.82 Å². The Kier molecular flexibility index (Phi) is 6.60. The monoisotopic (exact) mass is 414 g/mol. The van der Waals surface area contributed by atoms with Gasteiger partial charge in [-0.05, 0) is 36.1 Å². The van der Waals surface area contributed by atoms with Crippen molar-refractivity contribution in [3.63, 3.8) is 0 Å². The molecule has 1 unspecified atom stereocenters. The molecule has 28 heavy (non-hydrogen) atoms. The van der Waals surface area contributed by atoms with Crippen molar-refractivity contribution >= 4 is 40.1 Å². The molecule has 1 amide bonds. The van der Waals surface area contributed by atoms with Crippen LogP contribution in [-0.4, -0.2) is 10.9 Å². The third kappa shape index (κ3) is 4.86. The lowest BCUT2D eigenvalue weighted by molar-refractivity contribution is -0.111. The number of amides is 1. The number of anilines is 1. The summed E-state index contributed by atoms with van der Waals surface area (Å²) in [7, 11) is 0. The molecule has 144 valence electrons. The Balaban J connectivity index is 1.67. The number of rotatable bonds is 6. The number of thiazole rings is 1. The number of nitrogens with one attached hydrogen (secondary N) is 1. The molecule has 0 saturated heterocycles. The molecule has 3 aromatic rings.